The van der Waals surface area contributed by atoms with Gasteiger partial charge >= 0.3 is 5.97 Å². The van der Waals surface area contributed by atoms with Gasteiger partial charge in [-0.05, 0) is 31.0 Å². The van der Waals surface area contributed by atoms with Crippen molar-refractivity contribution in [3.63, 3.8) is 0 Å². The minimum Gasteiger partial charge on any atom is -0.455 e. The van der Waals surface area contributed by atoms with Gasteiger partial charge in [0.15, 0.2) is 0 Å². The van der Waals surface area contributed by atoms with Crippen molar-refractivity contribution in [3.05, 3.63) is 89.5 Å². The number of anilines is 1. The number of benzene rings is 2. The first-order chi connectivity index (χ1) is 21.3. The number of amides is 3. The number of fused-ring (bicyclic) bond motifs is 2. The molecule has 0 unspecified atom stereocenters. The van der Waals surface area contributed by atoms with Crippen LogP contribution >= 0.6 is 11.6 Å². The number of carbonyl (C=O) groups is 4. The summed E-state index contributed by atoms with van der Waals surface area (Å²) in [6.07, 6.45) is 5.96. The molecule has 7 atom stereocenters. The highest BCUT2D eigenvalue weighted by molar-refractivity contribution is 6.34. The predicted molar refractivity (Wildman–Crippen MR) is 161 cm³/mol. The number of nitrogens with zero attached hydrogens (tertiary/aromatic N) is 2. The van der Waals surface area contributed by atoms with Crippen molar-refractivity contribution in [1.82, 2.24) is 10.2 Å². The highest BCUT2D eigenvalue weighted by Gasteiger charge is 2.73. The molecule has 3 amide bonds. The van der Waals surface area contributed by atoms with E-state index in [9.17, 15) is 24.3 Å². The Kier molecular flexibility index (Phi) is 8.32. The third kappa shape index (κ3) is 5.10. The van der Waals surface area contributed by atoms with Gasteiger partial charge in [-0.3, -0.25) is 19.2 Å². The number of nitrogens with one attached hydrogen (secondary N) is 1. The summed E-state index contributed by atoms with van der Waals surface area (Å²) >= 11 is 6.55. The summed E-state index contributed by atoms with van der Waals surface area (Å²) in [6, 6.07) is 14.2. The Hall–Kier alpha value is -3.99. The lowest BCUT2D eigenvalue weighted by molar-refractivity contribution is -0.161. The number of hydrogen-bond donors (Lipinski definition) is 2. The number of para-hydroxylation sites is 1. The zero-order valence-corrected chi connectivity index (χ0v) is 24.9. The Morgan fingerprint density at radius 3 is 2.52 bits per heavy atom. The molecule has 0 aromatic heterocycles. The molecule has 10 nitrogen and oxygen atoms in total. The number of carbonyl (C=O) groups excluding carboxylic acids is 4. The monoisotopic (exact) mass is 619 g/mol. The highest BCUT2D eigenvalue weighted by Crippen LogP contribution is 2.56. The van der Waals surface area contributed by atoms with E-state index in [0.717, 1.165) is 0 Å². The van der Waals surface area contributed by atoms with E-state index in [1.807, 2.05) is 36.4 Å². The van der Waals surface area contributed by atoms with Crippen LogP contribution in [0.15, 0.2) is 78.9 Å². The van der Waals surface area contributed by atoms with Gasteiger partial charge in [-0.15, -0.1) is 0 Å². The average Bonchev–Trinajstić information content (AvgIpc) is 3.65. The molecule has 4 aliphatic heterocycles. The van der Waals surface area contributed by atoms with Gasteiger partial charge in [-0.2, -0.15) is 0 Å². The Labute approximate surface area is 260 Å². The molecule has 5 bridgehead atoms. The minimum absolute atomic E-state index is 0.105. The summed E-state index contributed by atoms with van der Waals surface area (Å²) in [5.74, 6) is -3.91. The van der Waals surface area contributed by atoms with Gasteiger partial charge in [0.2, 0.25) is 11.8 Å². The van der Waals surface area contributed by atoms with E-state index >= 15 is 0 Å². The lowest BCUT2D eigenvalue weighted by atomic mass is 9.74. The number of likely N-dealkylation sites (tertiary alicyclic amines) is 1. The maximum Gasteiger partial charge on any atom is 0.313 e. The molecule has 44 heavy (non-hydrogen) atoms. The first-order valence-corrected chi connectivity index (χ1v) is 15.2. The first kappa shape index (κ1) is 30.1. The predicted octanol–water partition coefficient (Wildman–Crippen LogP) is 2.96. The third-order valence-corrected chi connectivity index (χ3v) is 9.16. The molecule has 230 valence electrons. The van der Waals surface area contributed by atoms with E-state index in [0.29, 0.717) is 22.7 Å². The number of esters is 1. The van der Waals surface area contributed by atoms with E-state index in [1.165, 1.54) is 9.80 Å². The number of allylic oxidation sites excluding steroid dienone is 1. The second kappa shape index (κ2) is 12.2. The number of rotatable bonds is 4. The largest absolute Gasteiger partial charge is 0.455 e. The lowest BCUT2D eigenvalue weighted by Crippen LogP contribution is -2.56. The highest BCUT2D eigenvalue weighted by atomic mass is 35.5. The van der Waals surface area contributed by atoms with Crippen molar-refractivity contribution in [2.24, 2.45) is 11.8 Å². The Morgan fingerprint density at radius 1 is 1.02 bits per heavy atom. The fourth-order valence-corrected chi connectivity index (χ4v) is 7.15. The SMILES string of the molecule is C[C@@H]1NC(=O)CC/C=C\CN(c2ccccc2Cl)C(=O)[C@H]2N(CCO)C(=O)[C@@H]3[C@@H](C(=O)O[C@H]1c1ccccc1)[C@H]1C=C[C@]32O1. The van der Waals surface area contributed by atoms with Crippen molar-refractivity contribution in [2.75, 3.05) is 24.6 Å². The standard InChI is InChI=1S/C33H34ClN3O7/c1-20-28(21-10-4-2-5-11-21)43-32(42)26-24-15-16-33(44-24)27(26)30(40)37(18-19-38)29(33)31(41)36(23-13-8-7-12-22(23)34)17-9-3-6-14-25(39)35-20/h2-5,7-13,15-16,20,24,26-29,38H,6,14,17-19H2,1H3,(H,35,39)/b9-3-/t20-,24+,26-,27-,28+,29+,33-/m0/s1. The average molecular weight is 620 g/mol. The van der Waals surface area contributed by atoms with Gasteiger partial charge in [0.25, 0.3) is 5.91 Å². The van der Waals surface area contributed by atoms with Crippen molar-refractivity contribution < 1.29 is 33.8 Å². The van der Waals surface area contributed by atoms with Crippen molar-refractivity contribution in [1.29, 1.82) is 0 Å². The molecule has 2 aromatic rings. The second-order valence-corrected chi connectivity index (χ2v) is 11.9. The fourth-order valence-electron chi connectivity index (χ4n) is 6.91. The molecule has 2 saturated heterocycles. The Morgan fingerprint density at radius 2 is 1.77 bits per heavy atom. The maximum absolute atomic E-state index is 14.6. The summed E-state index contributed by atoms with van der Waals surface area (Å²) < 4.78 is 12.5. The zero-order chi connectivity index (χ0) is 31.0. The third-order valence-electron chi connectivity index (χ3n) is 8.84. The minimum atomic E-state index is -1.45. The summed E-state index contributed by atoms with van der Waals surface area (Å²) in [5, 5.41) is 13.2. The van der Waals surface area contributed by atoms with Crippen molar-refractivity contribution >= 4 is 41.0 Å². The molecule has 0 radical (unpaired) electrons. The van der Waals surface area contributed by atoms with Crippen molar-refractivity contribution in [3.8, 4) is 0 Å². The number of aliphatic hydroxyl groups excluding tert-OH is 1. The number of cyclic esters (lactones) is 1. The number of hydrogen-bond acceptors (Lipinski definition) is 7. The van der Waals surface area contributed by atoms with E-state index < -0.39 is 59.5 Å². The van der Waals surface area contributed by atoms with Gasteiger partial charge in [-0.25, -0.2) is 0 Å². The van der Waals surface area contributed by atoms with E-state index in [-0.39, 0.29) is 32.0 Å². The number of ether oxygens (including phenoxy) is 2. The molecule has 6 rings (SSSR count). The van der Waals surface area contributed by atoms with Crippen LogP contribution in [-0.4, -0.2) is 77.2 Å². The van der Waals surface area contributed by atoms with Crippen LogP contribution in [0.4, 0.5) is 5.69 Å². The van der Waals surface area contributed by atoms with Gasteiger partial charge in [0, 0.05) is 19.5 Å². The van der Waals surface area contributed by atoms with Gasteiger partial charge in [0.05, 0.1) is 35.4 Å². The molecule has 0 saturated carbocycles. The van der Waals surface area contributed by atoms with Crippen LogP contribution in [-0.2, 0) is 28.7 Å². The molecular formula is C33H34ClN3O7. The summed E-state index contributed by atoms with van der Waals surface area (Å²) in [7, 11) is 0. The first-order valence-electron chi connectivity index (χ1n) is 14.8. The Balaban J connectivity index is 1.44. The van der Waals surface area contributed by atoms with Crippen LogP contribution in [0.1, 0.15) is 31.4 Å². The molecular weight excluding hydrogens is 586 g/mol. The normalized spacial score (nSPS) is 32.9. The van der Waals surface area contributed by atoms with Crippen molar-refractivity contribution in [2.45, 2.75) is 49.7 Å². The van der Waals surface area contributed by atoms with Crippen LogP contribution in [0.25, 0.3) is 0 Å². The summed E-state index contributed by atoms with van der Waals surface area (Å²) in [4.78, 5) is 58.4. The lowest BCUT2D eigenvalue weighted by Gasteiger charge is -2.36. The van der Waals surface area contributed by atoms with Gasteiger partial charge in [-0.1, -0.05) is 78.4 Å². The number of halogens is 1. The maximum atomic E-state index is 14.6. The quantitative estimate of drug-likeness (QED) is 0.398. The fraction of sp³-hybridized carbons (Fsp3) is 0.394. The summed E-state index contributed by atoms with van der Waals surface area (Å²) in [6.45, 7) is 1.36. The van der Waals surface area contributed by atoms with Crippen LogP contribution in [0.3, 0.4) is 0 Å². The van der Waals surface area contributed by atoms with Crippen LogP contribution in [0, 0.1) is 11.8 Å². The van der Waals surface area contributed by atoms with Crippen LogP contribution < -0.4 is 10.2 Å². The van der Waals surface area contributed by atoms with E-state index in [4.69, 9.17) is 21.1 Å². The molecule has 2 N–H and O–H groups in total. The smallest absolute Gasteiger partial charge is 0.313 e. The molecule has 2 aromatic carbocycles. The van der Waals surface area contributed by atoms with Gasteiger partial charge in [0.1, 0.15) is 23.7 Å². The van der Waals surface area contributed by atoms with Crippen LogP contribution in [0.2, 0.25) is 5.02 Å². The van der Waals surface area contributed by atoms with Gasteiger partial charge < -0.3 is 29.7 Å². The molecule has 1 spiro atoms. The summed E-state index contributed by atoms with van der Waals surface area (Å²) in [5.41, 5.74) is -0.330. The zero-order valence-electron chi connectivity index (χ0n) is 24.2. The second-order valence-electron chi connectivity index (χ2n) is 11.5. The molecule has 11 heteroatoms. The molecule has 2 fully saturated rings. The van der Waals surface area contributed by atoms with E-state index in [2.05, 4.69) is 5.32 Å². The Bertz CT molecular complexity index is 1510. The van der Waals surface area contributed by atoms with Crippen LogP contribution in [0.5, 0.6) is 0 Å². The molecule has 4 heterocycles. The molecule has 4 aliphatic rings. The topological polar surface area (TPSA) is 125 Å². The number of β-amino-alcohol motifs (C(OH)–C–C–N with tert-alkyl or cyclic N) is 1. The molecule has 0 aliphatic carbocycles. The van der Waals surface area contributed by atoms with E-state index in [1.54, 1.807) is 49.4 Å². The number of aliphatic hydroxyl groups is 1.